The normalized spacial score (nSPS) is 23.2. The van der Waals surface area contributed by atoms with Gasteiger partial charge in [0.15, 0.2) is 0 Å². The molecule has 0 unspecified atom stereocenters. The van der Waals surface area contributed by atoms with Crippen molar-refractivity contribution < 1.29 is 14.3 Å². The van der Waals surface area contributed by atoms with Gasteiger partial charge in [-0.3, -0.25) is 4.79 Å². The number of piperazine rings is 1. The van der Waals surface area contributed by atoms with Gasteiger partial charge in [-0.05, 0) is 62.1 Å². The third-order valence-electron chi connectivity index (χ3n) is 6.97. The van der Waals surface area contributed by atoms with Gasteiger partial charge in [0, 0.05) is 43.8 Å². The lowest BCUT2D eigenvalue weighted by Crippen LogP contribution is -2.49. The van der Waals surface area contributed by atoms with Gasteiger partial charge in [-0.25, -0.2) is 4.79 Å². The quantitative estimate of drug-likeness (QED) is 0.732. The summed E-state index contributed by atoms with van der Waals surface area (Å²) >= 11 is 0. The monoisotopic (exact) mass is 450 g/mol. The molecule has 0 radical (unpaired) electrons. The summed E-state index contributed by atoms with van der Waals surface area (Å²) in [6.45, 7) is 5.27. The first-order chi connectivity index (χ1) is 15.9. The molecule has 0 bridgehead atoms. The Hall–Kier alpha value is -3.06. The standard InChI is InChI=1S/C26H34N4O3/c1-18-6-4-5-7-24(18)28-26(32)27-20-16-22(19-8-10-21(33-3)11-9-19)23(17-20)25(31)30-14-12-29(2)13-15-30/h4-11,20,22-23H,12-17H2,1-3H3,(H2,27,28,32)/t20-,22+,23-/m0/s1. The predicted octanol–water partition coefficient (Wildman–Crippen LogP) is 3.46. The van der Waals surface area contributed by atoms with E-state index < -0.39 is 0 Å². The molecule has 7 heteroatoms. The first-order valence-electron chi connectivity index (χ1n) is 11.7. The van der Waals surface area contributed by atoms with Crippen LogP contribution in [0.4, 0.5) is 10.5 Å². The van der Waals surface area contributed by atoms with E-state index in [0.29, 0.717) is 6.42 Å². The number of likely N-dealkylation sites (N-methyl/N-ethyl adjacent to an activating group) is 1. The Morgan fingerprint density at radius 1 is 0.970 bits per heavy atom. The third-order valence-corrected chi connectivity index (χ3v) is 6.97. The fourth-order valence-electron chi connectivity index (χ4n) is 4.97. The number of anilines is 1. The fourth-order valence-corrected chi connectivity index (χ4v) is 4.97. The molecule has 0 aromatic heterocycles. The van der Waals surface area contributed by atoms with Crippen molar-refractivity contribution >= 4 is 17.6 Å². The summed E-state index contributed by atoms with van der Waals surface area (Å²) in [5.74, 6) is 0.913. The molecule has 1 heterocycles. The van der Waals surface area contributed by atoms with Gasteiger partial charge in [-0.2, -0.15) is 0 Å². The highest BCUT2D eigenvalue weighted by molar-refractivity contribution is 5.90. The van der Waals surface area contributed by atoms with E-state index in [0.717, 1.165) is 55.2 Å². The van der Waals surface area contributed by atoms with Crippen LogP contribution in [0, 0.1) is 12.8 Å². The number of nitrogens with zero attached hydrogens (tertiary/aromatic N) is 2. The van der Waals surface area contributed by atoms with Gasteiger partial charge in [0.1, 0.15) is 5.75 Å². The van der Waals surface area contributed by atoms with Gasteiger partial charge in [0.05, 0.1) is 7.11 Å². The van der Waals surface area contributed by atoms with Crippen molar-refractivity contribution in [2.75, 3.05) is 45.7 Å². The molecule has 176 valence electrons. The molecule has 3 atom stereocenters. The van der Waals surface area contributed by atoms with Crippen LogP contribution in [-0.2, 0) is 4.79 Å². The zero-order chi connectivity index (χ0) is 23.4. The van der Waals surface area contributed by atoms with Crippen molar-refractivity contribution in [1.82, 2.24) is 15.1 Å². The Kier molecular flexibility index (Phi) is 7.18. The number of carbonyl (C=O) groups is 2. The fraction of sp³-hybridized carbons (Fsp3) is 0.462. The van der Waals surface area contributed by atoms with Crippen molar-refractivity contribution in [3.63, 3.8) is 0 Å². The summed E-state index contributed by atoms with van der Waals surface area (Å²) < 4.78 is 5.31. The van der Waals surface area contributed by atoms with E-state index in [-0.39, 0.29) is 29.8 Å². The van der Waals surface area contributed by atoms with E-state index >= 15 is 0 Å². The number of rotatable bonds is 5. The van der Waals surface area contributed by atoms with Crippen molar-refractivity contribution in [3.8, 4) is 5.75 Å². The Morgan fingerprint density at radius 3 is 2.33 bits per heavy atom. The van der Waals surface area contributed by atoms with Gasteiger partial charge in [-0.15, -0.1) is 0 Å². The molecular weight excluding hydrogens is 416 g/mol. The molecule has 1 aliphatic heterocycles. The molecule has 33 heavy (non-hydrogen) atoms. The van der Waals surface area contributed by atoms with Crippen molar-refractivity contribution in [3.05, 3.63) is 59.7 Å². The molecule has 0 spiro atoms. The Labute approximate surface area is 196 Å². The van der Waals surface area contributed by atoms with Crippen LogP contribution in [-0.4, -0.2) is 68.1 Å². The van der Waals surface area contributed by atoms with Crippen LogP contribution in [0.1, 0.15) is 29.9 Å². The van der Waals surface area contributed by atoms with Gasteiger partial charge in [0.25, 0.3) is 0 Å². The van der Waals surface area contributed by atoms with Crippen LogP contribution < -0.4 is 15.4 Å². The second-order valence-electron chi connectivity index (χ2n) is 9.20. The van der Waals surface area contributed by atoms with Gasteiger partial charge < -0.3 is 25.2 Å². The van der Waals surface area contributed by atoms with Crippen molar-refractivity contribution in [1.29, 1.82) is 0 Å². The minimum absolute atomic E-state index is 0.0619. The number of aryl methyl sites for hydroxylation is 1. The van der Waals surface area contributed by atoms with Gasteiger partial charge in [-0.1, -0.05) is 30.3 Å². The van der Waals surface area contributed by atoms with Crippen LogP contribution in [0.5, 0.6) is 5.75 Å². The molecule has 1 aliphatic carbocycles. The van der Waals surface area contributed by atoms with E-state index in [2.05, 4.69) is 22.6 Å². The highest BCUT2D eigenvalue weighted by atomic mass is 16.5. The van der Waals surface area contributed by atoms with E-state index in [1.54, 1.807) is 7.11 Å². The zero-order valence-corrected chi connectivity index (χ0v) is 19.7. The SMILES string of the molecule is COc1ccc([C@H]2C[C@H](NC(=O)Nc3ccccc3C)C[C@@H]2C(=O)N2CCN(C)CC2)cc1. The number of hydrogen-bond donors (Lipinski definition) is 2. The van der Waals surface area contributed by atoms with Crippen LogP contribution in [0.2, 0.25) is 0 Å². The molecule has 2 N–H and O–H groups in total. The smallest absolute Gasteiger partial charge is 0.319 e. The molecule has 2 aromatic carbocycles. The van der Waals surface area contributed by atoms with Crippen LogP contribution in [0.25, 0.3) is 0 Å². The number of benzene rings is 2. The molecule has 1 saturated heterocycles. The van der Waals surface area contributed by atoms with Crippen LogP contribution in [0.3, 0.4) is 0 Å². The summed E-state index contributed by atoms with van der Waals surface area (Å²) in [7, 11) is 3.74. The van der Waals surface area contributed by atoms with Crippen LogP contribution in [0.15, 0.2) is 48.5 Å². The van der Waals surface area contributed by atoms with Crippen LogP contribution >= 0.6 is 0 Å². The second-order valence-corrected chi connectivity index (χ2v) is 9.20. The third kappa shape index (κ3) is 5.47. The number of urea groups is 1. The first kappa shape index (κ1) is 23.1. The number of hydrogen-bond acceptors (Lipinski definition) is 4. The summed E-state index contributed by atoms with van der Waals surface area (Å²) in [5.41, 5.74) is 2.93. The lowest BCUT2D eigenvalue weighted by Gasteiger charge is -2.35. The summed E-state index contributed by atoms with van der Waals surface area (Å²) in [6, 6.07) is 15.4. The molecule has 4 rings (SSSR count). The topological polar surface area (TPSA) is 73.9 Å². The average molecular weight is 451 g/mol. The van der Waals surface area contributed by atoms with E-state index in [1.807, 2.05) is 60.4 Å². The Balaban J connectivity index is 1.48. The number of carbonyl (C=O) groups excluding carboxylic acids is 2. The summed E-state index contributed by atoms with van der Waals surface area (Å²) in [4.78, 5) is 30.5. The van der Waals surface area contributed by atoms with Gasteiger partial charge in [0.2, 0.25) is 5.91 Å². The van der Waals surface area contributed by atoms with E-state index in [1.165, 1.54) is 0 Å². The molecule has 7 nitrogen and oxygen atoms in total. The molecule has 2 aliphatic rings. The largest absolute Gasteiger partial charge is 0.497 e. The lowest BCUT2D eigenvalue weighted by molar-refractivity contribution is -0.137. The molecule has 2 aromatic rings. The highest BCUT2D eigenvalue weighted by Gasteiger charge is 2.42. The van der Waals surface area contributed by atoms with E-state index in [4.69, 9.17) is 4.74 Å². The van der Waals surface area contributed by atoms with Crippen molar-refractivity contribution in [2.45, 2.75) is 31.7 Å². The Morgan fingerprint density at radius 2 is 1.67 bits per heavy atom. The second kappa shape index (κ2) is 10.3. The Bertz CT molecular complexity index is 970. The summed E-state index contributed by atoms with van der Waals surface area (Å²) in [5, 5.41) is 6.07. The first-order valence-corrected chi connectivity index (χ1v) is 11.7. The van der Waals surface area contributed by atoms with Gasteiger partial charge >= 0.3 is 6.03 Å². The number of amides is 3. The lowest BCUT2D eigenvalue weighted by atomic mass is 9.87. The van der Waals surface area contributed by atoms with E-state index in [9.17, 15) is 9.59 Å². The molecule has 2 fully saturated rings. The number of para-hydroxylation sites is 1. The molecule has 3 amide bonds. The maximum atomic E-state index is 13.5. The number of nitrogens with one attached hydrogen (secondary N) is 2. The summed E-state index contributed by atoms with van der Waals surface area (Å²) in [6.07, 6.45) is 1.38. The van der Waals surface area contributed by atoms with Crippen molar-refractivity contribution in [2.24, 2.45) is 5.92 Å². The number of ether oxygens (including phenoxy) is 1. The minimum atomic E-state index is -0.226. The highest BCUT2D eigenvalue weighted by Crippen LogP contribution is 2.41. The number of methoxy groups -OCH3 is 1. The molecular formula is C26H34N4O3. The maximum absolute atomic E-state index is 13.5. The average Bonchev–Trinajstić information content (AvgIpc) is 3.24. The maximum Gasteiger partial charge on any atom is 0.319 e. The molecule has 1 saturated carbocycles. The predicted molar refractivity (Wildman–Crippen MR) is 130 cm³/mol. The minimum Gasteiger partial charge on any atom is -0.497 e. The zero-order valence-electron chi connectivity index (χ0n) is 19.7.